The van der Waals surface area contributed by atoms with E-state index in [1.807, 2.05) is 93.6 Å². The molecule has 0 amide bonds. The van der Waals surface area contributed by atoms with Crippen molar-refractivity contribution in [2.24, 2.45) is 0 Å². The first kappa shape index (κ1) is 28.5. The quantitative estimate of drug-likeness (QED) is 0.101. The largest absolute Gasteiger partial charge is 0.455 e. The molecule has 218 valence electrons. The van der Waals surface area contributed by atoms with E-state index in [9.17, 15) is 9.59 Å². The normalized spacial score (nSPS) is 11.0. The first-order chi connectivity index (χ1) is 21.3. The predicted octanol–water partition coefficient (Wildman–Crippen LogP) is 8.85. The van der Waals surface area contributed by atoms with Gasteiger partial charge >= 0.3 is 11.9 Å². The van der Waals surface area contributed by atoms with Crippen LogP contribution in [0.15, 0.2) is 121 Å². The Bertz CT molecular complexity index is 1830. The molecular weight excluding hydrogens is 552 g/mol. The Morgan fingerprint density at radius 2 is 0.795 bits per heavy atom. The van der Waals surface area contributed by atoms with Gasteiger partial charge in [0.15, 0.2) is 0 Å². The summed E-state index contributed by atoms with van der Waals surface area (Å²) in [7, 11) is 0. The Hall–Kier alpha value is -5.62. The highest BCUT2D eigenvalue weighted by Gasteiger charge is 2.13. The van der Waals surface area contributed by atoms with Crippen molar-refractivity contribution in [1.29, 1.82) is 0 Å². The monoisotopic (exact) mass is 582 g/mol. The minimum absolute atomic E-state index is 0.410. The molecule has 6 heteroatoms. The summed E-state index contributed by atoms with van der Waals surface area (Å²) in [4.78, 5) is 25.3. The Morgan fingerprint density at radius 3 is 1.20 bits per heavy atom. The van der Waals surface area contributed by atoms with Crippen LogP contribution in [0.1, 0.15) is 38.8 Å². The summed E-state index contributed by atoms with van der Waals surface area (Å²) in [5.74, 6) is 1.47. The number of aryl methyl sites for hydroxylation is 2. The average molecular weight is 583 g/mol. The van der Waals surface area contributed by atoms with Gasteiger partial charge in [-0.25, -0.2) is 9.59 Å². The summed E-state index contributed by atoms with van der Waals surface area (Å²) >= 11 is 0. The van der Waals surface area contributed by atoms with Gasteiger partial charge in [0.25, 0.3) is 0 Å². The molecule has 0 radical (unpaired) electrons. The molecule has 0 saturated heterocycles. The van der Waals surface area contributed by atoms with Crippen LogP contribution < -0.4 is 18.9 Å². The number of rotatable bonds is 8. The molecule has 0 unspecified atom stereocenters. The second kappa shape index (κ2) is 12.3. The first-order valence-electron chi connectivity index (χ1n) is 14.3. The summed E-state index contributed by atoms with van der Waals surface area (Å²) in [5.41, 5.74) is 3.13. The van der Waals surface area contributed by atoms with Crippen LogP contribution in [-0.4, -0.2) is 18.2 Å². The van der Waals surface area contributed by atoms with Crippen LogP contribution in [0.2, 0.25) is 0 Å². The maximum absolute atomic E-state index is 12.6. The number of hydrogen-bond acceptors (Lipinski definition) is 6. The fraction of sp³-hybridized carbons (Fsp3) is 0.105. The SMILES string of the molecule is Cc1ccc(OC(=O)c2ccc3cc(OC(C)Oc4ccc5cc(C(=O)Oc6ccc(C)cc6)ccc5c4)ccc3c2)cc1. The smallest absolute Gasteiger partial charge is 0.343 e. The molecule has 0 aliphatic heterocycles. The van der Waals surface area contributed by atoms with Gasteiger partial charge in [0.2, 0.25) is 6.29 Å². The van der Waals surface area contributed by atoms with Crippen molar-refractivity contribution in [2.75, 3.05) is 0 Å². The third-order valence-corrected chi connectivity index (χ3v) is 7.16. The van der Waals surface area contributed by atoms with Gasteiger partial charge in [-0.15, -0.1) is 0 Å². The second-order valence-electron chi connectivity index (χ2n) is 10.7. The lowest BCUT2D eigenvalue weighted by Crippen LogP contribution is -2.19. The van der Waals surface area contributed by atoms with E-state index in [0.29, 0.717) is 34.1 Å². The summed E-state index contributed by atoms with van der Waals surface area (Å²) in [6.45, 7) is 5.78. The molecular formula is C38H30O6. The van der Waals surface area contributed by atoms with Crippen LogP contribution in [0.3, 0.4) is 0 Å². The number of carbonyl (C=O) groups is 2. The lowest BCUT2D eigenvalue weighted by molar-refractivity contribution is 0.0225. The summed E-state index contributed by atoms with van der Waals surface area (Å²) in [6.07, 6.45) is -0.572. The van der Waals surface area contributed by atoms with E-state index < -0.39 is 18.2 Å². The topological polar surface area (TPSA) is 71.1 Å². The summed E-state index contributed by atoms with van der Waals surface area (Å²) in [6, 6.07) is 36.8. The predicted molar refractivity (Wildman–Crippen MR) is 171 cm³/mol. The fourth-order valence-corrected chi connectivity index (χ4v) is 4.80. The lowest BCUT2D eigenvalue weighted by Gasteiger charge is -2.17. The number of benzene rings is 6. The maximum Gasteiger partial charge on any atom is 0.343 e. The Kier molecular flexibility index (Phi) is 7.98. The number of ether oxygens (including phenoxy) is 4. The number of hydrogen-bond donors (Lipinski definition) is 0. The molecule has 6 aromatic carbocycles. The molecule has 6 aromatic rings. The summed E-state index contributed by atoms with van der Waals surface area (Å²) in [5, 5.41) is 3.62. The standard InChI is InChI=1S/C38H30O6/c1-24-4-14-33(15-5-24)43-37(39)31-10-8-29-22-35(18-12-27(29)20-31)41-26(3)42-36-19-13-28-21-32(11-9-30(28)23-36)38(40)44-34-16-6-25(2)7-17-34/h4-23,26H,1-3H3. The highest BCUT2D eigenvalue weighted by atomic mass is 16.7. The van der Waals surface area contributed by atoms with E-state index in [4.69, 9.17) is 18.9 Å². The molecule has 0 aromatic heterocycles. The number of esters is 2. The Labute approximate surface area is 255 Å². The average Bonchev–Trinajstić information content (AvgIpc) is 3.02. The van der Waals surface area contributed by atoms with E-state index in [-0.39, 0.29) is 0 Å². The highest BCUT2D eigenvalue weighted by Crippen LogP contribution is 2.27. The van der Waals surface area contributed by atoms with Crippen LogP contribution in [0, 0.1) is 13.8 Å². The van der Waals surface area contributed by atoms with Crippen LogP contribution in [0.5, 0.6) is 23.0 Å². The Morgan fingerprint density at radius 1 is 0.455 bits per heavy atom. The molecule has 0 N–H and O–H groups in total. The molecule has 44 heavy (non-hydrogen) atoms. The highest BCUT2D eigenvalue weighted by molar-refractivity contribution is 5.97. The minimum Gasteiger partial charge on any atom is -0.455 e. The van der Waals surface area contributed by atoms with Crippen LogP contribution >= 0.6 is 0 Å². The van der Waals surface area contributed by atoms with Crippen molar-refractivity contribution >= 4 is 33.5 Å². The van der Waals surface area contributed by atoms with Gasteiger partial charge in [0.05, 0.1) is 11.1 Å². The van der Waals surface area contributed by atoms with Gasteiger partial charge in [-0.1, -0.05) is 59.7 Å². The van der Waals surface area contributed by atoms with E-state index in [2.05, 4.69) is 0 Å². The van der Waals surface area contributed by atoms with Crippen molar-refractivity contribution in [2.45, 2.75) is 27.1 Å². The van der Waals surface area contributed by atoms with Crippen LogP contribution in [-0.2, 0) is 0 Å². The van der Waals surface area contributed by atoms with Crippen molar-refractivity contribution in [3.63, 3.8) is 0 Å². The first-order valence-corrected chi connectivity index (χ1v) is 14.3. The molecule has 0 saturated carbocycles. The van der Waals surface area contributed by atoms with Gasteiger partial charge in [-0.2, -0.15) is 0 Å². The number of carbonyl (C=O) groups excluding carboxylic acids is 2. The van der Waals surface area contributed by atoms with E-state index in [1.54, 1.807) is 48.5 Å². The number of fused-ring (bicyclic) bond motifs is 2. The third kappa shape index (κ3) is 6.71. The molecule has 0 aliphatic carbocycles. The fourth-order valence-electron chi connectivity index (χ4n) is 4.80. The minimum atomic E-state index is -0.572. The molecule has 0 aliphatic rings. The molecule has 0 spiro atoms. The molecule has 0 fully saturated rings. The van der Waals surface area contributed by atoms with Crippen LogP contribution in [0.25, 0.3) is 21.5 Å². The van der Waals surface area contributed by atoms with Gasteiger partial charge < -0.3 is 18.9 Å². The van der Waals surface area contributed by atoms with Gasteiger partial charge in [-0.05, 0) is 108 Å². The third-order valence-electron chi connectivity index (χ3n) is 7.16. The molecule has 6 nitrogen and oxygen atoms in total. The Balaban J connectivity index is 1.08. The van der Waals surface area contributed by atoms with Gasteiger partial charge in [0, 0.05) is 6.92 Å². The summed E-state index contributed by atoms with van der Waals surface area (Å²) < 4.78 is 23.1. The zero-order chi connectivity index (χ0) is 30.6. The van der Waals surface area contributed by atoms with Crippen LogP contribution in [0.4, 0.5) is 0 Å². The maximum atomic E-state index is 12.6. The second-order valence-corrected chi connectivity index (χ2v) is 10.7. The van der Waals surface area contributed by atoms with E-state index >= 15 is 0 Å². The van der Waals surface area contributed by atoms with Crippen molar-refractivity contribution in [3.8, 4) is 23.0 Å². The molecule has 6 rings (SSSR count). The lowest BCUT2D eigenvalue weighted by atomic mass is 10.1. The zero-order valence-corrected chi connectivity index (χ0v) is 24.6. The molecule has 0 atom stereocenters. The molecule has 0 heterocycles. The van der Waals surface area contributed by atoms with E-state index in [1.165, 1.54) is 0 Å². The van der Waals surface area contributed by atoms with E-state index in [0.717, 1.165) is 32.7 Å². The molecule has 0 bridgehead atoms. The van der Waals surface area contributed by atoms with Gasteiger partial charge in [0.1, 0.15) is 23.0 Å². The van der Waals surface area contributed by atoms with Crippen molar-refractivity contribution in [1.82, 2.24) is 0 Å². The zero-order valence-electron chi connectivity index (χ0n) is 24.6. The van der Waals surface area contributed by atoms with Crippen molar-refractivity contribution < 1.29 is 28.5 Å². The van der Waals surface area contributed by atoms with Crippen molar-refractivity contribution in [3.05, 3.63) is 144 Å². The van der Waals surface area contributed by atoms with Gasteiger partial charge in [-0.3, -0.25) is 0 Å².